The first-order valence-corrected chi connectivity index (χ1v) is 6.43. The summed E-state index contributed by atoms with van der Waals surface area (Å²) in [5.74, 6) is 0.286. The summed E-state index contributed by atoms with van der Waals surface area (Å²) in [6.07, 6.45) is 0. The fraction of sp³-hybridized carbons (Fsp3) is 0.0909. The molecule has 90 valence electrons. The van der Waals surface area contributed by atoms with Crippen LogP contribution >= 0.6 is 24.0 Å². The summed E-state index contributed by atoms with van der Waals surface area (Å²) in [7, 11) is 0. The Labute approximate surface area is 113 Å². The first-order valence-electron chi connectivity index (χ1n) is 5.20. The van der Waals surface area contributed by atoms with Gasteiger partial charge in [-0.3, -0.25) is 0 Å². The van der Waals surface area contributed by atoms with Gasteiger partial charge in [0, 0.05) is 4.90 Å². The second kappa shape index (κ2) is 3.80. The van der Waals surface area contributed by atoms with E-state index in [1.165, 1.54) is 11.8 Å². The molecule has 2 aliphatic rings. The van der Waals surface area contributed by atoms with E-state index in [0.717, 1.165) is 10.6 Å². The molecule has 0 aromatic heterocycles. The molecule has 2 aliphatic heterocycles. The fourth-order valence-electron chi connectivity index (χ4n) is 1.98. The van der Waals surface area contributed by atoms with Crippen molar-refractivity contribution >= 4 is 34.8 Å². The van der Waals surface area contributed by atoms with Crippen LogP contribution in [0.3, 0.4) is 0 Å². The van der Waals surface area contributed by atoms with Crippen molar-refractivity contribution in [2.24, 2.45) is 5.73 Å². The lowest BCUT2D eigenvalue weighted by Crippen LogP contribution is -2.59. The van der Waals surface area contributed by atoms with Gasteiger partial charge < -0.3 is 21.7 Å². The molecule has 0 bridgehead atoms. The van der Waals surface area contributed by atoms with E-state index >= 15 is 0 Å². The number of nitrogens with one attached hydrogen (secondary N) is 3. The number of nitrogens with two attached hydrogens (primary N) is 1. The molecule has 0 saturated carbocycles. The molecule has 0 radical (unpaired) electrons. The Bertz CT molecular complexity index is 591. The summed E-state index contributed by atoms with van der Waals surface area (Å²) in [5, 5.41) is 18.8. The van der Waals surface area contributed by atoms with E-state index in [2.05, 4.69) is 22.0 Å². The van der Waals surface area contributed by atoms with Gasteiger partial charge in [-0.05, 0) is 24.4 Å². The molecule has 0 fully saturated rings. The van der Waals surface area contributed by atoms with Crippen molar-refractivity contribution in [2.45, 2.75) is 9.89 Å². The maximum atomic E-state index is 9.29. The third-order valence-electron chi connectivity index (χ3n) is 2.73. The Balaban J connectivity index is 2.10. The van der Waals surface area contributed by atoms with Crippen LogP contribution in [0.25, 0.3) is 0 Å². The molecule has 2 heterocycles. The predicted molar refractivity (Wildman–Crippen MR) is 74.3 cm³/mol. The number of benzene rings is 1. The van der Waals surface area contributed by atoms with Gasteiger partial charge in [-0.2, -0.15) is 5.26 Å². The number of para-hydroxylation sites is 1. The van der Waals surface area contributed by atoms with Crippen LogP contribution < -0.4 is 21.7 Å². The van der Waals surface area contributed by atoms with Gasteiger partial charge in [0.05, 0.1) is 5.69 Å². The molecule has 1 atom stereocenters. The molecule has 5 nitrogen and oxygen atoms in total. The Hall–Kier alpha value is -1.91. The first kappa shape index (κ1) is 11.2. The molecular weight excluding hydrogens is 266 g/mol. The molecule has 5 N–H and O–H groups in total. The minimum atomic E-state index is -0.801. The van der Waals surface area contributed by atoms with Crippen molar-refractivity contribution in [3.8, 4) is 6.07 Å². The van der Waals surface area contributed by atoms with Crippen LogP contribution in [-0.4, -0.2) is 10.1 Å². The van der Waals surface area contributed by atoms with Crippen molar-refractivity contribution in [3.05, 3.63) is 35.7 Å². The third-order valence-corrected chi connectivity index (χ3v) is 4.23. The lowest BCUT2D eigenvalue weighted by atomic mass is 10.1. The zero-order chi connectivity index (χ0) is 12.8. The highest BCUT2D eigenvalue weighted by Crippen LogP contribution is 2.47. The second-order valence-corrected chi connectivity index (χ2v) is 5.55. The number of nitriles is 1. The fourth-order valence-corrected chi connectivity index (χ4v) is 3.58. The van der Waals surface area contributed by atoms with E-state index in [1.807, 2.05) is 24.3 Å². The van der Waals surface area contributed by atoms with Crippen molar-refractivity contribution in [2.75, 3.05) is 5.32 Å². The molecule has 1 spiro atoms. The quantitative estimate of drug-likeness (QED) is 0.526. The van der Waals surface area contributed by atoms with Crippen molar-refractivity contribution < 1.29 is 0 Å². The average Bonchev–Trinajstić information content (AvgIpc) is 2.66. The second-order valence-electron chi connectivity index (χ2n) is 3.88. The predicted octanol–water partition coefficient (Wildman–Crippen LogP) is 1.03. The standard InChI is InChI=1S/C11H9N5S2/c12-5-6-9(13)14-10(17)16-11(6)15-7-3-1-2-4-8(7)18-11/h1-4,15H,13H2,(H2,14,16,17). The number of thiocarbonyl (C=S) groups is 1. The van der Waals surface area contributed by atoms with Gasteiger partial charge in [0.2, 0.25) is 4.99 Å². The molecule has 1 unspecified atom stereocenters. The summed E-state index contributed by atoms with van der Waals surface area (Å²) in [5.41, 5.74) is 7.19. The largest absolute Gasteiger partial charge is 0.384 e. The summed E-state index contributed by atoms with van der Waals surface area (Å²) < 4.78 is 0. The van der Waals surface area contributed by atoms with Crippen molar-refractivity contribution in [1.29, 1.82) is 5.26 Å². The molecular formula is C11H9N5S2. The van der Waals surface area contributed by atoms with Gasteiger partial charge in [-0.1, -0.05) is 23.9 Å². The SMILES string of the molecule is N#CC1=C(N)NC(=S)NC12Nc1ccccc1S2. The summed E-state index contributed by atoms with van der Waals surface area (Å²) in [6, 6.07) is 9.95. The van der Waals surface area contributed by atoms with Crippen LogP contribution in [0.15, 0.2) is 40.6 Å². The van der Waals surface area contributed by atoms with Crippen LogP contribution in [0.4, 0.5) is 5.69 Å². The topological polar surface area (TPSA) is 85.9 Å². The number of hydrogen-bond donors (Lipinski definition) is 4. The summed E-state index contributed by atoms with van der Waals surface area (Å²) >= 11 is 6.59. The van der Waals surface area contributed by atoms with E-state index in [0.29, 0.717) is 10.7 Å². The highest BCUT2D eigenvalue weighted by molar-refractivity contribution is 8.01. The average molecular weight is 275 g/mol. The van der Waals surface area contributed by atoms with Gasteiger partial charge in [-0.25, -0.2) is 0 Å². The maximum absolute atomic E-state index is 9.29. The molecule has 1 aromatic rings. The maximum Gasteiger partial charge on any atom is 0.203 e. The summed E-state index contributed by atoms with van der Waals surface area (Å²) in [6.45, 7) is 0. The zero-order valence-corrected chi connectivity index (χ0v) is 10.8. The number of rotatable bonds is 0. The number of anilines is 1. The first-order chi connectivity index (χ1) is 8.64. The van der Waals surface area contributed by atoms with Crippen LogP contribution in [0.1, 0.15) is 0 Å². The van der Waals surface area contributed by atoms with E-state index in [1.54, 1.807) is 0 Å². The Morgan fingerprint density at radius 2 is 2.11 bits per heavy atom. The van der Waals surface area contributed by atoms with Gasteiger partial charge in [0.15, 0.2) is 5.11 Å². The van der Waals surface area contributed by atoms with E-state index < -0.39 is 4.99 Å². The van der Waals surface area contributed by atoms with E-state index in [-0.39, 0.29) is 5.82 Å². The van der Waals surface area contributed by atoms with Crippen molar-refractivity contribution in [1.82, 2.24) is 10.6 Å². The molecule has 0 amide bonds. The normalized spacial score (nSPS) is 24.9. The van der Waals surface area contributed by atoms with Gasteiger partial charge in [0.25, 0.3) is 0 Å². The minimum Gasteiger partial charge on any atom is -0.384 e. The summed E-state index contributed by atoms with van der Waals surface area (Å²) in [4.78, 5) is 0.250. The van der Waals surface area contributed by atoms with Crippen LogP contribution in [0.2, 0.25) is 0 Å². The molecule has 1 aromatic carbocycles. The number of fused-ring (bicyclic) bond motifs is 1. The molecule has 18 heavy (non-hydrogen) atoms. The van der Waals surface area contributed by atoms with Crippen LogP contribution in [0, 0.1) is 11.3 Å². The smallest absolute Gasteiger partial charge is 0.203 e. The third kappa shape index (κ3) is 1.50. The van der Waals surface area contributed by atoms with Gasteiger partial charge in [0.1, 0.15) is 17.5 Å². The number of nitrogens with zero attached hydrogens (tertiary/aromatic N) is 1. The highest BCUT2D eigenvalue weighted by Gasteiger charge is 2.46. The monoisotopic (exact) mass is 275 g/mol. The molecule has 0 aliphatic carbocycles. The van der Waals surface area contributed by atoms with Crippen LogP contribution in [0.5, 0.6) is 0 Å². The lowest BCUT2D eigenvalue weighted by Gasteiger charge is -2.35. The van der Waals surface area contributed by atoms with E-state index in [4.69, 9.17) is 18.0 Å². The van der Waals surface area contributed by atoms with Gasteiger partial charge in [-0.15, -0.1) is 0 Å². The minimum absolute atomic E-state index is 0.286. The number of hydrogen-bond acceptors (Lipinski definition) is 5. The Morgan fingerprint density at radius 3 is 2.83 bits per heavy atom. The Morgan fingerprint density at radius 1 is 1.33 bits per heavy atom. The molecule has 7 heteroatoms. The van der Waals surface area contributed by atoms with Crippen molar-refractivity contribution in [3.63, 3.8) is 0 Å². The zero-order valence-electron chi connectivity index (χ0n) is 9.15. The van der Waals surface area contributed by atoms with Gasteiger partial charge >= 0.3 is 0 Å². The van der Waals surface area contributed by atoms with E-state index in [9.17, 15) is 5.26 Å². The molecule has 3 rings (SSSR count). The molecule has 0 saturated heterocycles. The van der Waals surface area contributed by atoms with Crippen LogP contribution in [-0.2, 0) is 0 Å². The Kier molecular flexibility index (Phi) is 2.36. The highest BCUT2D eigenvalue weighted by atomic mass is 32.2. The number of thioether (sulfide) groups is 1. The lowest BCUT2D eigenvalue weighted by molar-refractivity contribution is 0.687.